The van der Waals surface area contributed by atoms with Crippen LogP contribution in [0.1, 0.15) is 29.8 Å². The van der Waals surface area contributed by atoms with Crippen LogP contribution in [-0.2, 0) is 10.0 Å². The van der Waals surface area contributed by atoms with E-state index in [1.54, 1.807) is 32.0 Å². The van der Waals surface area contributed by atoms with Crippen molar-refractivity contribution >= 4 is 21.6 Å². The lowest BCUT2D eigenvalue weighted by Gasteiger charge is -2.19. The highest BCUT2D eigenvalue weighted by atomic mass is 32.2. The van der Waals surface area contributed by atoms with Crippen LogP contribution in [0, 0.1) is 12.7 Å². The van der Waals surface area contributed by atoms with E-state index < -0.39 is 21.7 Å². The van der Waals surface area contributed by atoms with Gasteiger partial charge in [0.15, 0.2) is 0 Å². The number of nitrogens with one attached hydrogen (secondary N) is 1. The number of benzene rings is 2. The number of hydrogen-bond acceptors (Lipinski definition) is 3. The van der Waals surface area contributed by atoms with Crippen LogP contribution in [-0.4, -0.2) is 31.7 Å². The van der Waals surface area contributed by atoms with Gasteiger partial charge in [0.1, 0.15) is 5.82 Å². The van der Waals surface area contributed by atoms with Crippen LogP contribution >= 0.6 is 0 Å². The number of carbonyl (C=O) groups is 1. The second kappa shape index (κ2) is 7.76. The molecular weight excluding hydrogens is 343 g/mol. The maximum absolute atomic E-state index is 14.1. The Morgan fingerprint density at radius 1 is 1.12 bits per heavy atom. The molecule has 0 saturated heterocycles. The van der Waals surface area contributed by atoms with Gasteiger partial charge in [-0.2, -0.15) is 4.31 Å². The second-order valence-corrected chi connectivity index (χ2v) is 7.49. The van der Waals surface area contributed by atoms with Crippen LogP contribution in [0.4, 0.5) is 10.1 Å². The maximum atomic E-state index is 14.1. The molecule has 0 fully saturated rings. The minimum atomic E-state index is -3.77. The van der Waals surface area contributed by atoms with E-state index in [1.165, 1.54) is 10.4 Å². The van der Waals surface area contributed by atoms with Crippen molar-refractivity contribution in [3.05, 3.63) is 59.4 Å². The molecule has 1 amide bonds. The summed E-state index contributed by atoms with van der Waals surface area (Å²) in [7, 11) is -3.77. The standard InChI is InChI=1S/C18H21FN2O3S/c1-4-21(5-2)25(23,24)15-9-10-17(19)16(12-15)18(22)20-14-8-6-7-13(3)11-14/h6-12H,4-5H2,1-3H3,(H,20,22). The van der Waals surface area contributed by atoms with Gasteiger partial charge in [-0.25, -0.2) is 12.8 Å². The molecule has 0 aliphatic rings. The van der Waals surface area contributed by atoms with E-state index in [1.807, 2.05) is 13.0 Å². The molecule has 25 heavy (non-hydrogen) atoms. The fourth-order valence-electron chi connectivity index (χ4n) is 2.47. The van der Waals surface area contributed by atoms with Gasteiger partial charge in [0.05, 0.1) is 10.5 Å². The van der Waals surface area contributed by atoms with Crippen molar-refractivity contribution in [1.29, 1.82) is 0 Å². The number of anilines is 1. The summed E-state index contributed by atoms with van der Waals surface area (Å²) in [5, 5.41) is 2.59. The number of carbonyl (C=O) groups excluding carboxylic acids is 1. The average Bonchev–Trinajstić information content (AvgIpc) is 2.55. The van der Waals surface area contributed by atoms with Crippen molar-refractivity contribution < 1.29 is 17.6 Å². The second-order valence-electron chi connectivity index (χ2n) is 5.55. The largest absolute Gasteiger partial charge is 0.322 e. The maximum Gasteiger partial charge on any atom is 0.258 e. The van der Waals surface area contributed by atoms with E-state index in [9.17, 15) is 17.6 Å². The minimum Gasteiger partial charge on any atom is -0.322 e. The van der Waals surface area contributed by atoms with Crippen LogP contribution in [0.3, 0.4) is 0 Å². The summed E-state index contributed by atoms with van der Waals surface area (Å²) < 4.78 is 40.4. The molecule has 0 atom stereocenters. The zero-order chi connectivity index (χ0) is 18.6. The first-order valence-corrected chi connectivity index (χ1v) is 9.41. The highest BCUT2D eigenvalue weighted by Crippen LogP contribution is 2.20. The number of nitrogens with zero attached hydrogens (tertiary/aromatic N) is 1. The number of hydrogen-bond donors (Lipinski definition) is 1. The SMILES string of the molecule is CCN(CC)S(=O)(=O)c1ccc(F)c(C(=O)Nc2cccc(C)c2)c1. The van der Waals surface area contributed by atoms with Crippen LogP contribution in [0.15, 0.2) is 47.4 Å². The lowest BCUT2D eigenvalue weighted by molar-refractivity contribution is 0.102. The summed E-state index contributed by atoms with van der Waals surface area (Å²) in [5.41, 5.74) is 1.15. The van der Waals surface area contributed by atoms with Gasteiger partial charge in [-0.15, -0.1) is 0 Å². The van der Waals surface area contributed by atoms with Crippen LogP contribution in [0.2, 0.25) is 0 Å². The Balaban J connectivity index is 2.37. The third-order valence-electron chi connectivity index (χ3n) is 3.80. The Hall–Kier alpha value is -2.25. The lowest BCUT2D eigenvalue weighted by atomic mass is 10.1. The molecule has 0 heterocycles. The molecule has 0 spiro atoms. The van der Waals surface area contributed by atoms with Crippen molar-refractivity contribution in [3.8, 4) is 0 Å². The molecule has 5 nitrogen and oxygen atoms in total. The summed E-state index contributed by atoms with van der Waals surface area (Å²) in [6.07, 6.45) is 0. The van der Waals surface area contributed by atoms with Gasteiger partial charge in [0.25, 0.3) is 5.91 Å². The molecule has 2 aromatic rings. The van der Waals surface area contributed by atoms with Crippen molar-refractivity contribution in [2.45, 2.75) is 25.7 Å². The first-order valence-electron chi connectivity index (χ1n) is 7.97. The molecule has 0 unspecified atom stereocenters. The third-order valence-corrected chi connectivity index (χ3v) is 5.85. The van der Waals surface area contributed by atoms with E-state index in [0.29, 0.717) is 18.8 Å². The molecule has 0 bridgehead atoms. The molecule has 0 aromatic heterocycles. The molecule has 0 saturated carbocycles. The van der Waals surface area contributed by atoms with E-state index in [4.69, 9.17) is 0 Å². The smallest absolute Gasteiger partial charge is 0.258 e. The first-order chi connectivity index (χ1) is 11.8. The minimum absolute atomic E-state index is 0.105. The number of rotatable bonds is 6. The molecule has 2 aromatic carbocycles. The van der Waals surface area contributed by atoms with Crippen molar-refractivity contribution in [2.75, 3.05) is 18.4 Å². The Bertz CT molecular complexity index is 878. The Labute approximate surface area is 147 Å². The molecule has 134 valence electrons. The van der Waals surface area contributed by atoms with E-state index in [0.717, 1.165) is 17.7 Å². The molecule has 0 aliphatic carbocycles. The van der Waals surface area contributed by atoms with Crippen molar-refractivity contribution in [1.82, 2.24) is 4.31 Å². The van der Waals surface area contributed by atoms with Gasteiger partial charge in [-0.3, -0.25) is 4.79 Å². The third kappa shape index (κ3) is 4.24. The fraction of sp³-hybridized carbons (Fsp3) is 0.278. The predicted molar refractivity (Wildman–Crippen MR) is 95.6 cm³/mol. The van der Waals surface area contributed by atoms with Crippen molar-refractivity contribution in [2.24, 2.45) is 0 Å². The van der Waals surface area contributed by atoms with Gasteiger partial charge >= 0.3 is 0 Å². The summed E-state index contributed by atoms with van der Waals surface area (Å²) in [6, 6.07) is 10.3. The highest BCUT2D eigenvalue weighted by molar-refractivity contribution is 7.89. The zero-order valence-corrected chi connectivity index (χ0v) is 15.2. The molecule has 7 heteroatoms. The molecule has 1 N–H and O–H groups in total. The van der Waals surface area contributed by atoms with Gasteiger partial charge in [0, 0.05) is 18.8 Å². The molecule has 2 rings (SSSR count). The van der Waals surface area contributed by atoms with E-state index in [-0.39, 0.29) is 10.5 Å². The van der Waals surface area contributed by atoms with Gasteiger partial charge in [-0.1, -0.05) is 26.0 Å². The average molecular weight is 364 g/mol. The Kier molecular flexibility index (Phi) is 5.92. The molecule has 0 radical (unpaired) electrons. The summed E-state index contributed by atoms with van der Waals surface area (Å²) in [4.78, 5) is 12.3. The van der Waals surface area contributed by atoms with Gasteiger partial charge < -0.3 is 5.32 Å². The summed E-state index contributed by atoms with van der Waals surface area (Å²) in [6.45, 7) is 5.89. The number of aryl methyl sites for hydroxylation is 1. The lowest BCUT2D eigenvalue weighted by Crippen LogP contribution is -2.31. The van der Waals surface area contributed by atoms with Crippen LogP contribution < -0.4 is 5.32 Å². The Morgan fingerprint density at radius 2 is 1.80 bits per heavy atom. The van der Waals surface area contributed by atoms with Crippen molar-refractivity contribution in [3.63, 3.8) is 0 Å². The predicted octanol–water partition coefficient (Wildman–Crippen LogP) is 3.42. The number of amides is 1. The number of halogens is 1. The zero-order valence-electron chi connectivity index (χ0n) is 14.4. The topological polar surface area (TPSA) is 66.5 Å². The Morgan fingerprint density at radius 3 is 2.40 bits per heavy atom. The van der Waals surface area contributed by atoms with Gasteiger partial charge in [0.2, 0.25) is 10.0 Å². The molecular formula is C18H21FN2O3S. The highest BCUT2D eigenvalue weighted by Gasteiger charge is 2.24. The fourth-order valence-corrected chi connectivity index (χ4v) is 3.96. The quantitative estimate of drug-likeness (QED) is 0.854. The monoisotopic (exact) mass is 364 g/mol. The normalized spacial score (nSPS) is 11.6. The van der Waals surface area contributed by atoms with Gasteiger partial charge in [-0.05, 0) is 42.8 Å². The summed E-state index contributed by atoms with van der Waals surface area (Å²) in [5.74, 6) is -1.47. The summed E-state index contributed by atoms with van der Waals surface area (Å²) >= 11 is 0. The van der Waals surface area contributed by atoms with Crippen LogP contribution in [0.5, 0.6) is 0 Å². The first kappa shape index (κ1) is 19.1. The number of sulfonamides is 1. The van der Waals surface area contributed by atoms with E-state index >= 15 is 0 Å². The van der Waals surface area contributed by atoms with Crippen LogP contribution in [0.25, 0.3) is 0 Å². The van der Waals surface area contributed by atoms with E-state index in [2.05, 4.69) is 5.32 Å². The molecule has 0 aliphatic heterocycles.